The molecule has 25 heavy (non-hydrogen) atoms. The highest BCUT2D eigenvalue weighted by atomic mass is 16.5. The van der Waals surface area contributed by atoms with Gasteiger partial charge in [0.2, 0.25) is 5.91 Å². The lowest BCUT2D eigenvalue weighted by Crippen LogP contribution is -2.62. The standard InChI is InChI=1S/C19H21N3O3/c23-16(12-22-9-4-8-20-19(22)24)21-17-14-7-10-25-18(14)15(17)11-13-5-2-1-3-6-13/h1-6,8-9,14-15,17-18H,7,10-12H2,(H,21,23)/t14-,15+,17-,18-/m0/s1. The van der Waals surface area contributed by atoms with E-state index in [1.54, 1.807) is 12.3 Å². The van der Waals surface area contributed by atoms with Gasteiger partial charge in [0.05, 0.1) is 6.10 Å². The highest BCUT2D eigenvalue weighted by Gasteiger charge is 2.53. The van der Waals surface area contributed by atoms with Crippen molar-refractivity contribution >= 4 is 5.91 Å². The second-order valence-corrected chi connectivity index (χ2v) is 6.76. The van der Waals surface area contributed by atoms with Crippen molar-refractivity contribution in [3.63, 3.8) is 0 Å². The van der Waals surface area contributed by atoms with E-state index in [0.717, 1.165) is 19.4 Å². The van der Waals surface area contributed by atoms with E-state index in [0.29, 0.717) is 5.92 Å². The van der Waals surface area contributed by atoms with Gasteiger partial charge in [-0.05, 0) is 24.5 Å². The molecule has 1 aliphatic carbocycles. The van der Waals surface area contributed by atoms with Crippen LogP contribution >= 0.6 is 0 Å². The van der Waals surface area contributed by atoms with E-state index in [-0.39, 0.29) is 30.5 Å². The van der Waals surface area contributed by atoms with Gasteiger partial charge in [-0.15, -0.1) is 0 Å². The van der Waals surface area contributed by atoms with Gasteiger partial charge in [-0.25, -0.2) is 9.78 Å². The van der Waals surface area contributed by atoms with Gasteiger partial charge in [-0.2, -0.15) is 0 Å². The summed E-state index contributed by atoms with van der Waals surface area (Å²) in [6.07, 6.45) is 5.11. The summed E-state index contributed by atoms with van der Waals surface area (Å²) in [6, 6.07) is 12.0. The molecule has 1 saturated heterocycles. The van der Waals surface area contributed by atoms with Gasteiger partial charge in [0, 0.05) is 36.9 Å². The number of hydrogen-bond acceptors (Lipinski definition) is 4. The Bertz CT molecular complexity index is 805. The number of ether oxygens (including phenoxy) is 1. The molecule has 2 aromatic rings. The largest absolute Gasteiger partial charge is 0.377 e. The fourth-order valence-corrected chi connectivity index (χ4v) is 4.07. The Morgan fingerprint density at radius 3 is 2.92 bits per heavy atom. The van der Waals surface area contributed by atoms with Crippen LogP contribution in [0, 0.1) is 11.8 Å². The molecule has 1 aromatic carbocycles. The zero-order valence-electron chi connectivity index (χ0n) is 13.9. The van der Waals surface area contributed by atoms with E-state index in [1.807, 2.05) is 18.2 Å². The summed E-state index contributed by atoms with van der Waals surface area (Å²) in [5.41, 5.74) is 0.846. The maximum atomic E-state index is 12.4. The van der Waals surface area contributed by atoms with E-state index in [2.05, 4.69) is 22.4 Å². The molecule has 2 aliphatic rings. The first-order valence-corrected chi connectivity index (χ1v) is 8.69. The molecule has 2 heterocycles. The fraction of sp³-hybridized carbons (Fsp3) is 0.421. The Hall–Kier alpha value is -2.47. The summed E-state index contributed by atoms with van der Waals surface area (Å²) in [6.45, 7) is 0.758. The molecule has 1 aliphatic heterocycles. The van der Waals surface area contributed by atoms with Gasteiger partial charge < -0.3 is 10.1 Å². The van der Waals surface area contributed by atoms with Crippen molar-refractivity contribution in [3.05, 3.63) is 64.8 Å². The molecule has 130 valence electrons. The molecule has 1 N–H and O–H groups in total. The SMILES string of the molecule is O=C(Cn1cccnc1=O)N[C@@H]1[C@@H](Cc2ccccc2)[C@H]2OCC[C@@H]12. The minimum absolute atomic E-state index is 0.000522. The van der Waals surface area contributed by atoms with E-state index < -0.39 is 5.69 Å². The Balaban J connectivity index is 1.43. The Morgan fingerprint density at radius 1 is 1.28 bits per heavy atom. The van der Waals surface area contributed by atoms with Crippen LogP contribution < -0.4 is 11.0 Å². The molecule has 4 atom stereocenters. The number of carbonyl (C=O) groups is 1. The predicted octanol–water partition coefficient (Wildman–Crippen LogP) is 1.01. The van der Waals surface area contributed by atoms with Gasteiger partial charge in [0.25, 0.3) is 0 Å². The molecular formula is C19H21N3O3. The number of amides is 1. The van der Waals surface area contributed by atoms with E-state index >= 15 is 0 Å². The van der Waals surface area contributed by atoms with Gasteiger partial charge in [0.1, 0.15) is 6.54 Å². The van der Waals surface area contributed by atoms with Crippen LogP contribution in [0.3, 0.4) is 0 Å². The van der Waals surface area contributed by atoms with Gasteiger partial charge in [-0.3, -0.25) is 9.36 Å². The van der Waals surface area contributed by atoms with E-state index in [1.165, 1.54) is 16.3 Å². The molecule has 1 aromatic heterocycles. The van der Waals surface area contributed by atoms with Crippen LogP contribution in [0.15, 0.2) is 53.6 Å². The molecule has 4 rings (SSSR count). The number of nitrogens with one attached hydrogen (secondary N) is 1. The average Bonchev–Trinajstić information content (AvgIpc) is 3.05. The number of aromatic nitrogens is 2. The molecule has 0 bridgehead atoms. The van der Waals surface area contributed by atoms with Gasteiger partial charge in [-0.1, -0.05) is 30.3 Å². The first kappa shape index (κ1) is 16.0. The Morgan fingerprint density at radius 2 is 2.12 bits per heavy atom. The molecule has 0 radical (unpaired) electrons. The molecular weight excluding hydrogens is 318 g/mol. The minimum atomic E-state index is -0.408. The number of nitrogens with zero attached hydrogens (tertiary/aromatic N) is 2. The molecule has 2 fully saturated rings. The second-order valence-electron chi connectivity index (χ2n) is 6.76. The summed E-state index contributed by atoms with van der Waals surface area (Å²) < 4.78 is 7.19. The van der Waals surface area contributed by atoms with Crippen LogP contribution in [0.2, 0.25) is 0 Å². The van der Waals surface area contributed by atoms with Crippen LogP contribution in [0.1, 0.15) is 12.0 Å². The normalized spacial score (nSPS) is 27.4. The summed E-state index contributed by atoms with van der Waals surface area (Å²) in [7, 11) is 0. The van der Waals surface area contributed by atoms with Crippen molar-refractivity contribution in [3.8, 4) is 0 Å². The van der Waals surface area contributed by atoms with E-state index in [9.17, 15) is 9.59 Å². The van der Waals surface area contributed by atoms with Crippen molar-refractivity contribution in [2.45, 2.75) is 31.5 Å². The van der Waals surface area contributed by atoms with Crippen LogP contribution in [0.25, 0.3) is 0 Å². The highest BCUT2D eigenvalue weighted by molar-refractivity contribution is 5.76. The molecule has 1 saturated carbocycles. The molecule has 6 nitrogen and oxygen atoms in total. The van der Waals surface area contributed by atoms with Crippen molar-refractivity contribution in [2.24, 2.45) is 11.8 Å². The highest BCUT2D eigenvalue weighted by Crippen LogP contribution is 2.45. The summed E-state index contributed by atoms with van der Waals surface area (Å²) in [5.74, 6) is 0.510. The third-order valence-electron chi connectivity index (χ3n) is 5.27. The Kier molecular flexibility index (Phi) is 4.36. The zero-order chi connectivity index (χ0) is 17.2. The van der Waals surface area contributed by atoms with Gasteiger partial charge >= 0.3 is 5.69 Å². The van der Waals surface area contributed by atoms with Crippen molar-refractivity contribution in [1.29, 1.82) is 0 Å². The quantitative estimate of drug-likeness (QED) is 0.882. The molecule has 0 unspecified atom stereocenters. The first-order chi connectivity index (χ1) is 12.2. The lowest BCUT2D eigenvalue weighted by Gasteiger charge is -2.48. The summed E-state index contributed by atoms with van der Waals surface area (Å²) >= 11 is 0. The molecule has 6 heteroatoms. The maximum absolute atomic E-state index is 12.4. The monoisotopic (exact) mass is 339 g/mol. The number of hydrogen-bond donors (Lipinski definition) is 1. The van der Waals surface area contributed by atoms with Crippen LogP contribution in [0.4, 0.5) is 0 Å². The predicted molar refractivity (Wildman–Crippen MR) is 91.9 cm³/mol. The number of carbonyl (C=O) groups excluding carboxylic acids is 1. The van der Waals surface area contributed by atoms with Crippen molar-refractivity contribution < 1.29 is 9.53 Å². The average molecular weight is 339 g/mol. The smallest absolute Gasteiger partial charge is 0.347 e. The van der Waals surface area contributed by atoms with Crippen molar-refractivity contribution in [1.82, 2.24) is 14.9 Å². The Labute approximate surface area is 145 Å². The van der Waals surface area contributed by atoms with Crippen LogP contribution in [0.5, 0.6) is 0 Å². The topological polar surface area (TPSA) is 73.2 Å². The van der Waals surface area contributed by atoms with Crippen molar-refractivity contribution in [2.75, 3.05) is 6.61 Å². The maximum Gasteiger partial charge on any atom is 0.347 e. The summed E-state index contributed by atoms with van der Waals surface area (Å²) in [5, 5.41) is 3.13. The molecule has 0 spiro atoms. The zero-order valence-corrected chi connectivity index (χ0v) is 13.9. The second kappa shape index (κ2) is 6.80. The van der Waals surface area contributed by atoms with E-state index in [4.69, 9.17) is 4.74 Å². The lowest BCUT2D eigenvalue weighted by atomic mass is 9.64. The third kappa shape index (κ3) is 3.22. The minimum Gasteiger partial charge on any atom is -0.377 e. The number of fused-ring (bicyclic) bond motifs is 1. The number of benzene rings is 1. The first-order valence-electron chi connectivity index (χ1n) is 8.69. The van der Waals surface area contributed by atoms with Crippen LogP contribution in [-0.4, -0.2) is 34.2 Å². The summed E-state index contributed by atoms with van der Waals surface area (Å²) in [4.78, 5) is 27.8. The fourth-order valence-electron chi connectivity index (χ4n) is 4.07. The van der Waals surface area contributed by atoms with Gasteiger partial charge in [0.15, 0.2) is 0 Å². The molecule has 1 amide bonds. The van der Waals surface area contributed by atoms with Crippen LogP contribution in [-0.2, 0) is 22.5 Å². The lowest BCUT2D eigenvalue weighted by molar-refractivity contribution is -0.127. The number of rotatable bonds is 5. The third-order valence-corrected chi connectivity index (χ3v) is 5.27.